The molecule has 0 spiro atoms. The topological polar surface area (TPSA) is 64.7 Å². The predicted molar refractivity (Wildman–Crippen MR) is 118 cm³/mol. The molecule has 1 aromatic carbocycles. The molecule has 1 atom stereocenters. The lowest BCUT2D eigenvalue weighted by Crippen LogP contribution is -2.31. The van der Waals surface area contributed by atoms with Gasteiger partial charge in [-0.15, -0.1) is 0 Å². The number of hydrogen-bond donors (Lipinski definition) is 1. The molecule has 2 heterocycles. The van der Waals surface area contributed by atoms with E-state index in [1.807, 2.05) is 28.6 Å². The van der Waals surface area contributed by atoms with E-state index in [1.165, 1.54) is 11.3 Å². The van der Waals surface area contributed by atoms with Gasteiger partial charge >= 0.3 is 0 Å². The fourth-order valence-electron chi connectivity index (χ4n) is 4.16. The Morgan fingerprint density at radius 2 is 2.00 bits per heavy atom. The fraction of sp³-hybridized carbons (Fsp3) is 0.458. The van der Waals surface area contributed by atoms with Crippen molar-refractivity contribution in [3.05, 3.63) is 65.5 Å². The van der Waals surface area contributed by atoms with Crippen LogP contribution in [-0.4, -0.2) is 25.2 Å². The number of aryl methyl sites for hydroxylation is 2. The van der Waals surface area contributed by atoms with E-state index in [-0.39, 0.29) is 17.4 Å². The molecule has 30 heavy (non-hydrogen) atoms. The van der Waals surface area contributed by atoms with Crippen LogP contribution in [0, 0.1) is 6.92 Å². The first-order valence-corrected chi connectivity index (χ1v) is 10.8. The van der Waals surface area contributed by atoms with E-state index in [1.54, 1.807) is 6.20 Å². The highest BCUT2D eigenvalue weighted by molar-refractivity contribution is 5.76. The molecule has 0 bridgehead atoms. The highest BCUT2D eigenvalue weighted by atomic mass is 16.1. The van der Waals surface area contributed by atoms with Gasteiger partial charge in [-0.25, -0.2) is 9.67 Å². The lowest BCUT2D eigenvalue weighted by Gasteiger charge is -2.24. The number of rotatable bonds is 5. The zero-order valence-corrected chi connectivity index (χ0v) is 18.4. The Morgan fingerprint density at radius 1 is 1.23 bits per heavy atom. The van der Waals surface area contributed by atoms with Crippen LogP contribution >= 0.6 is 0 Å². The van der Waals surface area contributed by atoms with Gasteiger partial charge in [0, 0.05) is 36.6 Å². The van der Waals surface area contributed by atoms with E-state index in [0.717, 1.165) is 36.3 Å². The molecule has 0 radical (unpaired) electrons. The van der Waals surface area contributed by atoms with Crippen molar-refractivity contribution < 1.29 is 4.79 Å². The van der Waals surface area contributed by atoms with Gasteiger partial charge in [-0.05, 0) is 49.3 Å². The van der Waals surface area contributed by atoms with Gasteiger partial charge in [0.05, 0.1) is 17.9 Å². The molecule has 3 aromatic rings. The second-order valence-electron chi connectivity index (χ2n) is 9.19. The van der Waals surface area contributed by atoms with Crippen molar-refractivity contribution in [1.82, 2.24) is 24.6 Å². The number of nitrogens with zero attached hydrogens (tertiary/aromatic N) is 4. The standard InChI is InChI=1S/C24H31N5O/c1-17-25-13-15-28(17)14-12-23(30)27-21-6-5-7-22-20(21)16-26-29(22)19-10-8-18(9-11-19)24(2,3)4/h8-11,13,15-16,21H,5-7,12,14H2,1-4H3,(H,27,30)/t21-/m1/s1. The molecule has 0 saturated heterocycles. The molecule has 4 rings (SSSR count). The highest BCUT2D eigenvalue weighted by Gasteiger charge is 2.26. The normalized spacial score (nSPS) is 16.3. The summed E-state index contributed by atoms with van der Waals surface area (Å²) in [5.41, 5.74) is 4.87. The second kappa shape index (κ2) is 8.09. The van der Waals surface area contributed by atoms with Crippen LogP contribution in [0.3, 0.4) is 0 Å². The molecule has 2 aromatic heterocycles. The molecule has 1 amide bonds. The molecular weight excluding hydrogens is 374 g/mol. The van der Waals surface area contributed by atoms with Crippen LogP contribution in [0.1, 0.15) is 68.7 Å². The summed E-state index contributed by atoms with van der Waals surface area (Å²) in [7, 11) is 0. The van der Waals surface area contributed by atoms with Crippen LogP contribution < -0.4 is 5.32 Å². The SMILES string of the molecule is Cc1nccn1CCC(=O)N[C@@H]1CCCc2c1cnn2-c1ccc(C(C)(C)C)cc1. The van der Waals surface area contributed by atoms with E-state index in [4.69, 9.17) is 0 Å². The largest absolute Gasteiger partial charge is 0.349 e. The number of carbonyl (C=O) groups is 1. The fourth-order valence-corrected chi connectivity index (χ4v) is 4.16. The molecule has 6 nitrogen and oxygen atoms in total. The Kier molecular flexibility index (Phi) is 5.50. The summed E-state index contributed by atoms with van der Waals surface area (Å²) in [6, 6.07) is 8.69. The monoisotopic (exact) mass is 405 g/mol. The molecule has 1 aliphatic rings. The van der Waals surface area contributed by atoms with Crippen molar-refractivity contribution in [3.63, 3.8) is 0 Å². The second-order valence-corrected chi connectivity index (χ2v) is 9.19. The minimum atomic E-state index is 0.0349. The maximum absolute atomic E-state index is 12.6. The Hall–Kier alpha value is -2.89. The van der Waals surface area contributed by atoms with Crippen LogP contribution in [0.25, 0.3) is 5.69 Å². The van der Waals surface area contributed by atoms with Gasteiger partial charge < -0.3 is 9.88 Å². The molecule has 1 N–H and O–H groups in total. The van der Waals surface area contributed by atoms with Gasteiger partial charge in [0.1, 0.15) is 5.82 Å². The van der Waals surface area contributed by atoms with Crippen molar-refractivity contribution in [3.8, 4) is 5.69 Å². The number of imidazole rings is 1. The Labute approximate surface area is 178 Å². The van der Waals surface area contributed by atoms with E-state index < -0.39 is 0 Å². The van der Waals surface area contributed by atoms with Gasteiger partial charge in [0.15, 0.2) is 0 Å². The van der Waals surface area contributed by atoms with Gasteiger partial charge in [-0.2, -0.15) is 5.10 Å². The van der Waals surface area contributed by atoms with Gasteiger partial charge in [0.25, 0.3) is 0 Å². The number of fused-ring (bicyclic) bond motifs is 1. The van der Waals surface area contributed by atoms with Crippen molar-refractivity contribution in [2.45, 2.75) is 71.4 Å². The minimum Gasteiger partial charge on any atom is -0.349 e. The quantitative estimate of drug-likeness (QED) is 0.690. The van der Waals surface area contributed by atoms with Crippen LogP contribution in [0.4, 0.5) is 0 Å². The van der Waals surface area contributed by atoms with Gasteiger partial charge in [0.2, 0.25) is 5.91 Å². The molecule has 158 valence electrons. The summed E-state index contributed by atoms with van der Waals surface area (Å²) in [4.78, 5) is 16.8. The summed E-state index contributed by atoms with van der Waals surface area (Å²) in [5, 5.41) is 7.89. The maximum Gasteiger partial charge on any atom is 0.222 e. The third-order valence-electron chi connectivity index (χ3n) is 6.00. The van der Waals surface area contributed by atoms with Crippen LogP contribution in [0.5, 0.6) is 0 Å². The van der Waals surface area contributed by atoms with E-state index >= 15 is 0 Å². The lowest BCUT2D eigenvalue weighted by molar-refractivity contribution is -0.122. The van der Waals surface area contributed by atoms with Gasteiger partial charge in [-0.3, -0.25) is 4.79 Å². The van der Waals surface area contributed by atoms with Crippen molar-refractivity contribution in [2.24, 2.45) is 0 Å². The number of hydrogen-bond acceptors (Lipinski definition) is 3. The first-order chi connectivity index (χ1) is 14.3. The van der Waals surface area contributed by atoms with E-state index in [9.17, 15) is 4.79 Å². The zero-order chi connectivity index (χ0) is 21.3. The third kappa shape index (κ3) is 4.18. The van der Waals surface area contributed by atoms with E-state index in [0.29, 0.717) is 13.0 Å². The number of aromatic nitrogens is 4. The summed E-state index contributed by atoms with van der Waals surface area (Å²) in [6.45, 7) is 9.27. The number of amides is 1. The summed E-state index contributed by atoms with van der Waals surface area (Å²) in [5.74, 6) is 1.00. The number of nitrogens with one attached hydrogen (secondary N) is 1. The first kappa shape index (κ1) is 20.4. The Morgan fingerprint density at radius 3 is 2.67 bits per heavy atom. The lowest BCUT2D eigenvalue weighted by atomic mass is 9.87. The highest BCUT2D eigenvalue weighted by Crippen LogP contribution is 2.31. The molecular formula is C24H31N5O. The van der Waals surface area contributed by atoms with Crippen LogP contribution in [0.2, 0.25) is 0 Å². The summed E-state index contributed by atoms with van der Waals surface area (Å²) in [6.07, 6.45) is 9.04. The van der Waals surface area contributed by atoms with Crippen molar-refractivity contribution in [1.29, 1.82) is 0 Å². The minimum absolute atomic E-state index is 0.0349. The molecule has 6 heteroatoms. The Bertz CT molecular complexity index is 1020. The molecule has 0 fully saturated rings. The smallest absolute Gasteiger partial charge is 0.222 e. The van der Waals surface area contributed by atoms with Crippen molar-refractivity contribution >= 4 is 5.91 Å². The number of carbonyl (C=O) groups excluding carboxylic acids is 1. The predicted octanol–water partition coefficient (Wildman–Crippen LogP) is 4.26. The molecule has 0 aliphatic heterocycles. The van der Waals surface area contributed by atoms with Crippen LogP contribution in [-0.2, 0) is 23.2 Å². The average molecular weight is 406 g/mol. The van der Waals surface area contributed by atoms with E-state index in [2.05, 4.69) is 60.4 Å². The third-order valence-corrected chi connectivity index (χ3v) is 6.00. The maximum atomic E-state index is 12.6. The first-order valence-electron chi connectivity index (χ1n) is 10.8. The van der Waals surface area contributed by atoms with Crippen LogP contribution in [0.15, 0.2) is 42.9 Å². The van der Waals surface area contributed by atoms with Gasteiger partial charge in [-0.1, -0.05) is 32.9 Å². The summed E-state index contributed by atoms with van der Waals surface area (Å²) >= 11 is 0. The Balaban J connectivity index is 1.47. The summed E-state index contributed by atoms with van der Waals surface area (Å²) < 4.78 is 4.04. The number of benzene rings is 1. The zero-order valence-electron chi connectivity index (χ0n) is 18.4. The molecule has 0 saturated carbocycles. The molecule has 0 unspecified atom stereocenters. The average Bonchev–Trinajstić information content (AvgIpc) is 3.32. The molecule has 1 aliphatic carbocycles. The van der Waals surface area contributed by atoms with Crippen molar-refractivity contribution in [2.75, 3.05) is 0 Å².